The molecule has 0 unspecified atom stereocenters. The number of nitrogens with one attached hydrogen (secondary N) is 2. The van der Waals surface area contributed by atoms with E-state index in [-0.39, 0.29) is 17.4 Å². The largest absolute Gasteiger partial charge is 0.545 e. The van der Waals surface area contributed by atoms with Gasteiger partial charge in [0.2, 0.25) is 5.91 Å². The van der Waals surface area contributed by atoms with E-state index in [9.17, 15) is 19.5 Å². The number of hydrazone groups is 1. The highest BCUT2D eigenvalue weighted by Gasteiger charge is 2.40. The maximum absolute atomic E-state index is 12.6. The minimum atomic E-state index is -1.28. The fourth-order valence-corrected chi connectivity index (χ4v) is 3.54. The minimum Gasteiger partial charge on any atom is -0.545 e. The van der Waals surface area contributed by atoms with E-state index in [1.807, 2.05) is 30.3 Å². The van der Waals surface area contributed by atoms with Gasteiger partial charge in [0.15, 0.2) is 0 Å². The van der Waals surface area contributed by atoms with Crippen LogP contribution in [0.4, 0.5) is 0 Å². The Morgan fingerprint density at radius 2 is 1.90 bits per heavy atom. The first-order valence-corrected chi connectivity index (χ1v) is 9.60. The number of carbonyl (C=O) groups is 3. The molecule has 4 rings (SSSR count). The van der Waals surface area contributed by atoms with Crippen molar-refractivity contribution in [1.82, 2.24) is 10.7 Å². The Hall–Kier alpha value is -4.20. The maximum Gasteiger partial charge on any atom is 0.253 e. The van der Waals surface area contributed by atoms with Gasteiger partial charge >= 0.3 is 0 Å². The monoisotopic (exact) mass is 416 g/mol. The van der Waals surface area contributed by atoms with Crippen molar-refractivity contribution in [1.29, 1.82) is 0 Å². The molecule has 156 valence electrons. The van der Waals surface area contributed by atoms with Crippen LogP contribution in [0.15, 0.2) is 76.2 Å². The zero-order valence-corrected chi connectivity index (χ0v) is 16.3. The zero-order chi connectivity index (χ0) is 21.8. The predicted octanol–water partition coefficient (Wildman–Crippen LogP) is 1.29. The van der Waals surface area contributed by atoms with Crippen LogP contribution in [-0.2, 0) is 9.59 Å². The van der Waals surface area contributed by atoms with Gasteiger partial charge < -0.3 is 19.6 Å². The van der Waals surface area contributed by atoms with Crippen molar-refractivity contribution in [3.05, 3.63) is 83.6 Å². The summed E-state index contributed by atoms with van der Waals surface area (Å²) in [6, 6.07) is 18.8. The lowest BCUT2D eigenvalue weighted by Gasteiger charge is -2.15. The molecule has 1 aliphatic heterocycles. The standard InChI is InChI=1S/C23H19N3O5/c27-21-20(18(13-24-21)14-5-2-1-3-6-14)22(28)26-25-12-17-9-10-19(31-17)15-7-4-8-16(11-15)23(29)30/h1-12,18,20H,13H2,(H,24,27)(H,26,28)(H,29,30)/p-1/b25-12+/t18-,20-/m1/s1. The first-order chi connectivity index (χ1) is 15.0. The average molecular weight is 416 g/mol. The van der Waals surface area contributed by atoms with Crippen LogP contribution in [0.2, 0.25) is 0 Å². The summed E-state index contributed by atoms with van der Waals surface area (Å²) in [5, 5.41) is 17.6. The number of benzene rings is 2. The lowest BCUT2D eigenvalue weighted by molar-refractivity contribution is -0.255. The maximum atomic E-state index is 12.6. The van der Waals surface area contributed by atoms with E-state index < -0.39 is 17.8 Å². The summed E-state index contributed by atoms with van der Waals surface area (Å²) >= 11 is 0. The molecule has 1 aliphatic rings. The second kappa shape index (κ2) is 8.66. The molecule has 0 saturated carbocycles. The molecule has 0 aliphatic carbocycles. The van der Waals surface area contributed by atoms with E-state index >= 15 is 0 Å². The van der Waals surface area contributed by atoms with Crippen LogP contribution in [0.1, 0.15) is 27.6 Å². The van der Waals surface area contributed by atoms with Gasteiger partial charge in [-0.2, -0.15) is 5.10 Å². The smallest absolute Gasteiger partial charge is 0.253 e. The van der Waals surface area contributed by atoms with Crippen molar-refractivity contribution < 1.29 is 23.9 Å². The number of hydrogen-bond acceptors (Lipinski definition) is 6. The Morgan fingerprint density at radius 1 is 1.10 bits per heavy atom. The van der Waals surface area contributed by atoms with Gasteiger partial charge in [-0.3, -0.25) is 9.59 Å². The number of carboxylic acid groups (broad SMARTS) is 1. The Kier molecular flexibility index (Phi) is 5.61. The molecule has 1 saturated heterocycles. The first-order valence-electron chi connectivity index (χ1n) is 9.60. The predicted molar refractivity (Wildman–Crippen MR) is 110 cm³/mol. The van der Waals surface area contributed by atoms with Gasteiger partial charge in [0.25, 0.3) is 5.91 Å². The molecule has 1 fully saturated rings. The Balaban J connectivity index is 1.43. The van der Waals surface area contributed by atoms with Gasteiger partial charge in [0, 0.05) is 18.0 Å². The summed E-state index contributed by atoms with van der Waals surface area (Å²) < 4.78 is 5.63. The molecule has 8 heteroatoms. The summed E-state index contributed by atoms with van der Waals surface area (Å²) in [5.74, 6) is -2.47. The number of carbonyl (C=O) groups excluding carboxylic acids is 3. The molecule has 1 aromatic heterocycles. The van der Waals surface area contributed by atoms with Crippen LogP contribution >= 0.6 is 0 Å². The van der Waals surface area contributed by atoms with Crippen LogP contribution in [0.5, 0.6) is 0 Å². The third kappa shape index (κ3) is 4.37. The number of amides is 2. The number of nitrogens with zero attached hydrogens (tertiary/aromatic N) is 1. The molecule has 31 heavy (non-hydrogen) atoms. The van der Waals surface area contributed by atoms with Crippen LogP contribution in [0.25, 0.3) is 11.3 Å². The van der Waals surface area contributed by atoms with Gasteiger partial charge in [-0.15, -0.1) is 0 Å². The molecule has 2 N–H and O–H groups in total. The molecular weight excluding hydrogens is 398 g/mol. The summed E-state index contributed by atoms with van der Waals surface area (Å²) in [6.07, 6.45) is 1.31. The highest BCUT2D eigenvalue weighted by molar-refractivity contribution is 6.03. The second-order valence-electron chi connectivity index (χ2n) is 7.04. The molecular formula is C23H18N3O5-. The van der Waals surface area contributed by atoms with E-state index in [2.05, 4.69) is 15.8 Å². The normalized spacial score (nSPS) is 18.1. The van der Waals surface area contributed by atoms with E-state index in [0.29, 0.717) is 23.6 Å². The van der Waals surface area contributed by atoms with Crippen molar-refractivity contribution in [2.24, 2.45) is 11.0 Å². The van der Waals surface area contributed by atoms with Gasteiger partial charge in [0.05, 0.1) is 12.2 Å². The lowest BCUT2D eigenvalue weighted by atomic mass is 9.88. The van der Waals surface area contributed by atoms with Crippen molar-refractivity contribution in [3.8, 4) is 11.3 Å². The van der Waals surface area contributed by atoms with Crippen molar-refractivity contribution in [3.63, 3.8) is 0 Å². The molecule has 2 atom stereocenters. The molecule has 0 spiro atoms. The average Bonchev–Trinajstić information content (AvgIpc) is 3.41. The van der Waals surface area contributed by atoms with Gasteiger partial charge in [-0.05, 0) is 29.3 Å². The highest BCUT2D eigenvalue weighted by Crippen LogP contribution is 2.29. The van der Waals surface area contributed by atoms with Crippen molar-refractivity contribution in [2.45, 2.75) is 5.92 Å². The third-order valence-electron chi connectivity index (χ3n) is 5.07. The van der Waals surface area contributed by atoms with Gasteiger partial charge in [-0.25, -0.2) is 5.43 Å². The fraction of sp³-hybridized carbons (Fsp3) is 0.130. The zero-order valence-electron chi connectivity index (χ0n) is 16.3. The summed E-state index contributed by atoms with van der Waals surface area (Å²) in [6.45, 7) is 0.386. The van der Waals surface area contributed by atoms with Crippen LogP contribution in [-0.4, -0.2) is 30.5 Å². The molecule has 0 radical (unpaired) electrons. The number of carboxylic acids is 1. The van der Waals surface area contributed by atoms with Gasteiger partial charge in [0.1, 0.15) is 17.4 Å². The number of hydrogen-bond donors (Lipinski definition) is 2. The molecule has 2 amide bonds. The summed E-state index contributed by atoms with van der Waals surface area (Å²) in [7, 11) is 0. The van der Waals surface area contributed by atoms with E-state index in [1.54, 1.807) is 24.3 Å². The van der Waals surface area contributed by atoms with Crippen LogP contribution in [0.3, 0.4) is 0 Å². The highest BCUT2D eigenvalue weighted by atomic mass is 16.4. The lowest BCUT2D eigenvalue weighted by Crippen LogP contribution is -2.34. The minimum absolute atomic E-state index is 0.0409. The Labute approximate surface area is 177 Å². The molecule has 2 heterocycles. The first kappa shape index (κ1) is 20.1. The van der Waals surface area contributed by atoms with Crippen molar-refractivity contribution >= 4 is 24.0 Å². The van der Waals surface area contributed by atoms with Gasteiger partial charge in [-0.1, -0.05) is 48.5 Å². The van der Waals surface area contributed by atoms with Crippen molar-refractivity contribution in [2.75, 3.05) is 6.54 Å². The fourth-order valence-electron chi connectivity index (χ4n) is 3.54. The number of aromatic carboxylic acids is 1. The number of furan rings is 1. The number of rotatable bonds is 6. The van der Waals surface area contributed by atoms with E-state index in [0.717, 1.165) is 5.56 Å². The van der Waals surface area contributed by atoms with E-state index in [4.69, 9.17) is 4.42 Å². The second-order valence-corrected chi connectivity index (χ2v) is 7.04. The SMILES string of the molecule is O=C([O-])c1cccc(-c2ccc(/C=N/NC(=O)[C@H]3C(=O)NC[C@@H]3c3ccccc3)o2)c1. The quantitative estimate of drug-likeness (QED) is 0.356. The molecule has 8 nitrogen and oxygen atoms in total. The Morgan fingerprint density at radius 3 is 2.68 bits per heavy atom. The third-order valence-corrected chi connectivity index (χ3v) is 5.07. The molecule has 3 aromatic rings. The summed E-state index contributed by atoms with van der Waals surface area (Å²) in [4.78, 5) is 35.8. The Bertz CT molecular complexity index is 1150. The molecule has 0 bridgehead atoms. The molecule has 2 aromatic carbocycles. The summed E-state index contributed by atoms with van der Waals surface area (Å²) in [5.41, 5.74) is 3.91. The van der Waals surface area contributed by atoms with Crippen LogP contribution < -0.4 is 15.8 Å². The van der Waals surface area contributed by atoms with Crippen LogP contribution in [0, 0.1) is 5.92 Å². The topological polar surface area (TPSA) is 124 Å². The van der Waals surface area contributed by atoms with E-state index in [1.165, 1.54) is 18.3 Å².